The number of hydrogen-bond donors (Lipinski definition) is 1. The Bertz CT molecular complexity index is 258. The van der Waals surface area contributed by atoms with Gasteiger partial charge >= 0.3 is 0 Å². The van der Waals surface area contributed by atoms with E-state index in [0.717, 1.165) is 16.6 Å². The molecule has 1 aromatic carbocycles. The van der Waals surface area contributed by atoms with Crippen molar-refractivity contribution in [3.05, 3.63) is 28.2 Å². The molecule has 2 heteroatoms. The maximum absolute atomic E-state index is 5.81. The van der Waals surface area contributed by atoms with Gasteiger partial charge in [-0.25, -0.2) is 0 Å². The Balaban J connectivity index is 2.75. The van der Waals surface area contributed by atoms with Crippen LogP contribution in [0.15, 0.2) is 22.7 Å². The quantitative estimate of drug-likeness (QED) is 0.788. The summed E-state index contributed by atoms with van der Waals surface area (Å²) in [6.45, 7) is 2.19. The average molecular weight is 228 g/mol. The average Bonchev–Trinajstić information content (AvgIpc) is 2.07. The van der Waals surface area contributed by atoms with Crippen molar-refractivity contribution in [3.63, 3.8) is 0 Å². The molecule has 1 nitrogen and oxygen atoms in total. The Hall–Kier alpha value is -0.500. The number of hydrogen-bond acceptors (Lipinski definition) is 1. The molecule has 1 rings (SSSR count). The fourth-order valence-corrected chi connectivity index (χ4v) is 1.57. The summed E-state index contributed by atoms with van der Waals surface area (Å²) in [5.74, 6) is 0. The molecule has 2 N–H and O–H groups in total. The van der Waals surface area contributed by atoms with Crippen molar-refractivity contribution in [2.45, 2.75) is 26.2 Å². The topological polar surface area (TPSA) is 26.0 Å². The summed E-state index contributed by atoms with van der Waals surface area (Å²) in [5.41, 5.74) is 7.97. The fourth-order valence-electron chi connectivity index (χ4n) is 1.16. The number of halogens is 1. The van der Waals surface area contributed by atoms with E-state index in [-0.39, 0.29) is 0 Å². The first-order chi connectivity index (χ1) is 5.74. The SMILES string of the molecule is CCCCc1cc(Br)ccc1N. The molecule has 0 spiro atoms. The molecule has 0 heterocycles. The van der Waals surface area contributed by atoms with E-state index < -0.39 is 0 Å². The van der Waals surface area contributed by atoms with E-state index in [0.29, 0.717) is 0 Å². The lowest BCUT2D eigenvalue weighted by Gasteiger charge is -2.04. The van der Waals surface area contributed by atoms with Crippen LogP contribution in [0.4, 0.5) is 5.69 Å². The van der Waals surface area contributed by atoms with Crippen LogP contribution in [-0.4, -0.2) is 0 Å². The molecule has 0 radical (unpaired) electrons. The Morgan fingerprint density at radius 1 is 1.42 bits per heavy atom. The van der Waals surface area contributed by atoms with Crippen LogP contribution in [0.5, 0.6) is 0 Å². The van der Waals surface area contributed by atoms with E-state index >= 15 is 0 Å². The van der Waals surface area contributed by atoms with E-state index in [1.807, 2.05) is 12.1 Å². The van der Waals surface area contributed by atoms with Crippen molar-refractivity contribution in [2.24, 2.45) is 0 Å². The minimum Gasteiger partial charge on any atom is -0.399 e. The number of aryl methyl sites for hydroxylation is 1. The molecule has 12 heavy (non-hydrogen) atoms. The third-order valence-corrected chi connectivity index (χ3v) is 2.40. The van der Waals surface area contributed by atoms with Crippen molar-refractivity contribution in [3.8, 4) is 0 Å². The molecule has 0 atom stereocenters. The molecule has 0 bridgehead atoms. The van der Waals surface area contributed by atoms with Gasteiger partial charge in [0.15, 0.2) is 0 Å². The van der Waals surface area contributed by atoms with E-state index in [2.05, 4.69) is 28.9 Å². The molecule has 0 aliphatic rings. The summed E-state index contributed by atoms with van der Waals surface area (Å²) in [6, 6.07) is 6.03. The Labute approximate surface area is 82.1 Å². The molecule has 0 saturated heterocycles. The largest absolute Gasteiger partial charge is 0.399 e. The maximum Gasteiger partial charge on any atom is 0.0347 e. The van der Waals surface area contributed by atoms with Crippen molar-refractivity contribution >= 4 is 21.6 Å². The number of rotatable bonds is 3. The van der Waals surface area contributed by atoms with Crippen molar-refractivity contribution in [1.82, 2.24) is 0 Å². The normalized spacial score (nSPS) is 10.2. The molecule has 0 aliphatic carbocycles. The zero-order valence-corrected chi connectivity index (χ0v) is 8.89. The van der Waals surface area contributed by atoms with Gasteiger partial charge in [0, 0.05) is 10.2 Å². The van der Waals surface area contributed by atoms with Gasteiger partial charge in [-0.05, 0) is 36.6 Å². The molecule has 0 saturated carbocycles. The first-order valence-corrected chi connectivity index (χ1v) is 5.07. The third kappa shape index (κ3) is 2.52. The van der Waals surface area contributed by atoms with Gasteiger partial charge in [-0.1, -0.05) is 29.3 Å². The highest BCUT2D eigenvalue weighted by atomic mass is 79.9. The second kappa shape index (κ2) is 4.51. The zero-order chi connectivity index (χ0) is 8.97. The van der Waals surface area contributed by atoms with E-state index in [1.54, 1.807) is 0 Å². The van der Waals surface area contributed by atoms with Crippen molar-refractivity contribution < 1.29 is 0 Å². The first kappa shape index (κ1) is 9.59. The minimum absolute atomic E-state index is 0.909. The Morgan fingerprint density at radius 2 is 2.17 bits per heavy atom. The maximum atomic E-state index is 5.81. The standard InChI is InChI=1S/C10H14BrN/c1-2-3-4-8-7-9(11)5-6-10(8)12/h5-7H,2-4,12H2,1H3. The number of unbranched alkanes of at least 4 members (excludes halogenated alkanes) is 1. The van der Waals surface area contributed by atoms with Crippen molar-refractivity contribution in [1.29, 1.82) is 0 Å². The van der Waals surface area contributed by atoms with Crippen LogP contribution in [0.25, 0.3) is 0 Å². The van der Waals surface area contributed by atoms with Gasteiger partial charge in [-0.15, -0.1) is 0 Å². The number of benzene rings is 1. The summed E-state index contributed by atoms with van der Waals surface area (Å²) < 4.78 is 1.11. The highest BCUT2D eigenvalue weighted by molar-refractivity contribution is 9.10. The summed E-state index contributed by atoms with van der Waals surface area (Å²) in [5, 5.41) is 0. The van der Waals surface area contributed by atoms with Gasteiger partial charge in [0.25, 0.3) is 0 Å². The van der Waals surface area contributed by atoms with Crippen LogP contribution in [-0.2, 0) is 6.42 Å². The molecular formula is C10H14BrN. The van der Waals surface area contributed by atoms with Crippen LogP contribution in [0.3, 0.4) is 0 Å². The van der Waals surface area contributed by atoms with Gasteiger partial charge in [0.05, 0.1) is 0 Å². The monoisotopic (exact) mass is 227 g/mol. The molecule has 0 aromatic heterocycles. The lowest BCUT2D eigenvalue weighted by Crippen LogP contribution is -1.93. The second-order valence-corrected chi connectivity index (χ2v) is 3.86. The molecule has 0 unspecified atom stereocenters. The first-order valence-electron chi connectivity index (χ1n) is 4.28. The fraction of sp³-hybridized carbons (Fsp3) is 0.400. The molecule has 0 amide bonds. The highest BCUT2D eigenvalue weighted by Gasteiger charge is 1.98. The lowest BCUT2D eigenvalue weighted by molar-refractivity contribution is 0.796. The summed E-state index contributed by atoms with van der Waals surface area (Å²) in [6.07, 6.45) is 3.51. The summed E-state index contributed by atoms with van der Waals surface area (Å²) >= 11 is 3.43. The van der Waals surface area contributed by atoms with E-state index in [4.69, 9.17) is 5.73 Å². The number of nitrogens with two attached hydrogens (primary N) is 1. The van der Waals surface area contributed by atoms with Gasteiger partial charge in [-0.2, -0.15) is 0 Å². The molecule has 66 valence electrons. The lowest BCUT2D eigenvalue weighted by atomic mass is 10.1. The number of anilines is 1. The van der Waals surface area contributed by atoms with E-state index in [1.165, 1.54) is 18.4 Å². The Kier molecular flexibility index (Phi) is 3.60. The molecule has 1 aromatic rings. The molecule has 0 fully saturated rings. The van der Waals surface area contributed by atoms with Crippen LogP contribution in [0.2, 0.25) is 0 Å². The summed E-state index contributed by atoms with van der Waals surface area (Å²) in [7, 11) is 0. The van der Waals surface area contributed by atoms with Crippen LogP contribution >= 0.6 is 15.9 Å². The van der Waals surface area contributed by atoms with Gasteiger partial charge in [-0.3, -0.25) is 0 Å². The van der Waals surface area contributed by atoms with Gasteiger partial charge in [0.2, 0.25) is 0 Å². The van der Waals surface area contributed by atoms with Crippen LogP contribution in [0, 0.1) is 0 Å². The zero-order valence-electron chi connectivity index (χ0n) is 7.31. The predicted octanol–water partition coefficient (Wildman–Crippen LogP) is 3.37. The predicted molar refractivity (Wildman–Crippen MR) is 57.2 cm³/mol. The van der Waals surface area contributed by atoms with Crippen LogP contribution in [0.1, 0.15) is 25.3 Å². The second-order valence-electron chi connectivity index (χ2n) is 2.95. The minimum atomic E-state index is 0.909. The number of nitrogen functional groups attached to an aromatic ring is 1. The molecular weight excluding hydrogens is 214 g/mol. The van der Waals surface area contributed by atoms with Crippen LogP contribution < -0.4 is 5.73 Å². The third-order valence-electron chi connectivity index (χ3n) is 1.90. The highest BCUT2D eigenvalue weighted by Crippen LogP contribution is 2.19. The summed E-state index contributed by atoms with van der Waals surface area (Å²) in [4.78, 5) is 0. The van der Waals surface area contributed by atoms with Gasteiger partial charge < -0.3 is 5.73 Å². The van der Waals surface area contributed by atoms with Gasteiger partial charge in [0.1, 0.15) is 0 Å². The molecule has 0 aliphatic heterocycles. The smallest absolute Gasteiger partial charge is 0.0347 e. The van der Waals surface area contributed by atoms with E-state index in [9.17, 15) is 0 Å². The Morgan fingerprint density at radius 3 is 2.83 bits per heavy atom. The van der Waals surface area contributed by atoms with Crippen molar-refractivity contribution in [2.75, 3.05) is 5.73 Å².